The van der Waals surface area contributed by atoms with Crippen LogP contribution in [0.3, 0.4) is 0 Å². The predicted molar refractivity (Wildman–Crippen MR) is 151 cm³/mol. The Bertz CT molecular complexity index is 1260. The second-order valence-electron chi connectivity index (χ2n) is 10.4. The molecular formula is C31H40N2O6. The fourth-order valence-corrected chi connectivity index (χ4v) is 4.81. The molecule has 39 heavy (non-hydrogen) atoms. The van der Waals surface area contributed by atoms with E-state index >= 15 is 0 Å². The van der Waals surface area contributed by atoms with Gasteiger partial charge in [0.2, 0.25) is 0 Å². The molecule has 1 aromatic heterocycles. The quantitative estimate of drug-likeness (QED) is 0.295. The van der Waals surface area contributed by atoms with Crippen LogP contribution >= 0.6 is 0 Å². The number of fused-ring (bicyclic) bond motifs is 1. The van der Waals surface area contributed by atoms with E-state index in [4.69, 9.17) is 18.6 Å². The molecule has 3 aromatic rings. The van der Waals surface area contributed by atoms with Gasteiger partial charge in [0.15, 0.2) is 0 Å². The smallest absolute Gasteiger partial charge is 0.307 e. The Hall–Kier alpha value is -3.52. The van der Waals surface area contributed by atoms with Crippen LogP contribution in [0.5, 0.6) is 5.75 Å². The van der Waals surface area contributed by atoms with E-state index in [9.17, 15) is 9.59 Å². The summed E-state index contributed by atoms with van der Waals surface area (Å²) in [6, 6.07) is 13.4. The number of furan rings is 1. The zero-order chi connectivity index (χ0) is 27.9. The van der Waals surface area contributed by atoms with E-state index in [1.165, 1.54) is 4.90 Å². The summed E-state index contributed by atoms with van der Waals surface area (Å²) in [4.78, 5) is 26.0. The molecule has 0 spiro atoms. The Morgan fingerprint density at radius 3 is 2.49 bits per heavy atom. The van der Waals surface area contributed by atoms with Gasteiger partial charge in [0.05, 0.1) is 32.3 Å². The number of hydrogen-bond donors (Lipinski definition) is 1. The number of esters is 1. The molecule has 0 bridgehead atoms. The molecule has 1 saturated heterocycles. The van der Waals surface area contributed by atoms with E-state index in [1.54, 1.807) is 26.1 Å². The number of hydrogen-bond acceptors (Lipinski definition) is 7. The zero-order valence-electron chi connectivity index (χ0n) is 23.6. The predicted octanol–water partition coefficient (Wildman–Crippen LogP) is 6.13. The van der Waals surface area contributed by atoms with E-state index in [0.29, 0.717) is 18.7 Å². The van der Waals surface area contributed by atoms with E-state index in [0.717, 1.165) is 59.8 Å². The third kappa shape index (κ3) is 7.12. The monoisotopic (exact) mass is 536 g/mol. The first-order valence-corrected chi connectivity index (χ1v) is 13.8. The maximum absolute atomic E-state index is 12.8. The number of nitrogens with zero attached hydrogens (tertiary/aromatic N) is 1. The Morgan fingerprint density at radius 2 is 1.82 bits per heavy atom. The van der Waals surface area contributed by atoms with Crippen LogP contribution in [0.2, 0.25) is 0 Å². The maximum Gasteiger partial charge on any atom is 0.307 e. The summed E-state index contributed by atoms with van der Waals surface area (Å²) >= 11 is 0. The standard InChI is InChI=1S/C31H40N2O6/c1-6-37-28(34)13-16-33(5)31(35)22-7-9-23(10-8-22)32-29(20(2)3)30-21(4)26-19-25(11-12-27(26)39-30)38-24-14-17-36-18-15-24/h7-12,19-20,24,29,32H,6,13-18H2,1-5H3. The van der Waals surface area contributed by atoms with E-state index < -0.39 is 0 Å². The summed E-state index contributed by atoms with van der Waals surface area (Å²) in [5.41, 5.74) is 3.37. The summed E-state index contributed by atoms with van der Waals surface area (Å²) in [7, 11) is 1.69. The van der Waals surface area contributed by atoms with Crippen LogP contribution in [0.1, 0.15) is 67.8 Å². The van der Waals surface area contributed by atoms with Crippen LogP contribution in [-0.4, -0.2) is 56.3 Å². The van der Waals surface area contributed by atoms with E-state index in [1.807, 2.05) is 24.3 Å². The van der Waals surface area contributed by atoms with Crippen molar-refractivity contribution >= 4 is 28.5 Å². The molecule has 2 aromatic carbocycles. The number of ether oxygens (including phenoxy) is 3. The van der Waals surface area contributed by atoms with E-state index in [-0.39, 0.29) is 36.4 Å². The molecule has 1 aliphatic rings. The molecule has 1 unspecified atom stereocenters. The highest BCUT2D eigenvalue weighted by atomic mass is 16.5. The average molecular weight is 537 g/mol. The second kappa shape index (κ2) is 13.0. The molecule has 1 amide bonds. The zero-order valence-corrected chi connectivity index (χ0v) is 23.6. The van der Waals surface area contributed by atoms with Gasteiger partial charge in [-0.25, -0.2) is 0 Å². The highest BCUT2D eigenvalue weighted by Crippen LogP contribution is 2.37. The van der Waals surface area contributed by atoms with Crippen molar-refractivity contribution in [1.29, 1.82) is 0 Å². The van der Waals surface area contributed by atoms with Crippen molar-refractivity contribution in [1.82, 2.24) is 4.90 Å². The van der Waals surface area contributed by atoms with Gasteiger partial charge in [0, 0.05) is 48.6 Å². The molecule has 8 nitrogen and oxygen atoms in total. The lowest BCUT2D eigenvalue weighted by Crippen LogP contribution is -2.29. The number of nitrogens with one attached hydrogen (secondary N) is 1. The lowest BCUT2D eigenvalue weighted by molar-refractivity contribution is -0.143. The van der Waals surface area contributed by atoms with E-state index in [2.05, 4.69) is 32.2 Å². The van der Waals surface area contributed by atoms with Crippen LogP contribution in [-0.2, 0) is 14.3 Å². The third-order valence-electron chi connectivity index (χ3n) is 7.12. The van der Waals surface area contributed by atoms with Crippen molar-refractivity contribution in [2.45, 2.75) is 59.1 Å². The Balaban J connectivity index is 1.45. The summed E-state index contributed by atoms with van der Waals surface area (Å²) < 4.78 is 23.0. The molecule has 1 atom stereocenters. The Morgan fingerprint density at radius 1 is 1.10 bits per heavy atom. The number of carbonyl (C=O) groups is 2. The van der Waals surface area contributed by atoms with Crippen LogP contribution < -0.4 is 10.1 Å². The number of aryl methyl sites for hydroxylation is 1. The first kappa shape index (κ1) is 28.5. The molecule has 0 radical (unpaired) electrons. The summed E-state index contributed by atoms with van der Waals surface area (Å²) in [6.45, 7) is 10.3. The summed E-state index contributed by atoms with van der Waals surface area (Å²) in [5.74, 6) is 1.55. The molecular weight excluding hydrogens is 496 g/mol. The molecule has 2 heterocycles. The highest BCUT2D eigenvalue weighted by Gasteiger charge is 2.25. The van der Waals surface area contributed by atoms with Gasteiger partial charge in [0.25, 0.3) is 5.91 Å². The number of amides is 1. The van der Waals surface area contributed by atoms with Gasteiger partial charge in [-0.3, -0.25) is 9.59 Å². The Labute approximate surface area is 230 Å². The van der Waals surface area contributed by atoms with Gasteiger partial charge in [-0.15, -0.1) is 0 Å². The topological polar surface area (TPSA) is 90.2 Å². The molecule has 1 aliphatic heterocycles. The van der Waals surface area contributed by atoms with Crippen molar-refractivity contribution in [3.8, 4) is 5.75 Å². The molecule has 4 rings (SSSR count). The fraction of sp³-hybridized carbons (Fsp3) is 0.484. The third-order valence-corrected chi connectivity index (χ3v) is 7.12. The van der Waals surface area contributed by atoms with Crippen molar-refractivity contribution in [3.63, 3.8) is 0 Å². The minimum Gasteiger partial charge on any atom is -0.490 e. The summed E-state index contributed by atoms with van der Waals surface area (Å²) in [5, 5.41) is 4.65. The number of benzene rings is 2. The lowest BCUT2D eigenvalue weighted by Gasteiger charge is -2.23. The van der Waals surface area contributed by atoms with Crippen molar-refractivity contribution < 1.29 is 28.2 Å². The minimum atomic E-state index is -0.305. The van der Waals surface area contributed by atoms with Crippen LogP contribution in [0.25, 0.3) is 11.0 Å². The van der Waals surface area contributed by atoms with Crippen molar-refractivity contribution in [2.24, 2.45) is 5.92 Å². The number of carbonyl (C=O) groups excluding carboxylic acids is 2. The first-order valence-electron chi connectivity index (χ1n) is 13.8. The van der Waals surface area contributed by atoms with Gasteiger partial charge in [-0.05, 0) is 62.2 Å². The van der Waals surface area contributed by atoms with Gasteiger partial charge < -0.3 is 28.8 Å². The minimum absolute atomic E-state index is 0.0638. The van der Waals surface area contributed by atoms with Gasteiger partial charge in [0.1, 0.15) is 23.2 Å². The van der Waals surface area contributed by atoms with Crippen LogP contribution in [0, 0.1) is 12.8 Å². The molecule has 1 N–H and O–H groups in total. The van der Waals surface area contributed by atoms with Gasteiger partial charge in [-0.1, -0.05) is 13.8 Å². The molecule has 0 saturated carbocycles. The highest BCUT2D eigenvalue weighted by molar-refractivity contribution is 5.94. The SMILES string of the molecule is CCOC(=O)CCN(C)C(=O)c1ccc(NC(c2oc3ccc(OC4CCOCC4)cc3c2C)C(C)C)cc1. The van der Waals surface area contributed by atoms with Gasteiger partial charge in [-0.2, -0.15) is 0 Å². The molecule has 0 aliphatic carbocycles. The van der Waals surface area contributed by atoms with Crippen LogP contribution in [0.4, 0.5) is 5.69 Å². The van der Waals surface area contributed by atoms with Gasteiger partial charge >= 0.3 is 5.97 Å². The largest absolute Gasteiger partial charge is 0.490 e. The number of rotatable bonds is 11. The Kier molecular flexibility index (Phi) is 9.51. The van der Waals surface area contributed by atoms with Crippen molar-refractivity contribution in [2.75, 3.05) is 38.7 Å². The number of anilines is 1. The molecule has 1 fully saturated rings. The lowest BCUT2D eigenvalue weighted by atomic mass is 9.97. The second-order valence-corrected chi connectivity index (χ2v) is 10.4. The van der Waals surface area contributed by atoms with Crippen molar-refractivity contribution in [3.05, 3.63) is 59.4 Å². The summed E-state index contributed by atoms with van der Waals surface area (Å²) in [6.07, 6.45) is 2.16. The average Bonchev–Trinajstić information content (AvgIpc) is 3.26. The normalized spacial score (nSPS) is 14.8. The first-order chi connectivity index (χ1) is 18.8. The molecule has 8 heteroatoms. The molecule has 210 valence electrons. The van der Waals surface area contributed by atoms with Crippen LogP contribution in [0.15, 0.2) is 46.9 Å². The maximum atomic E-state index is 12.8. The fourth-order valence-electron chi connectivity index (χ4n) is 4.81.